The lowest BCUT2D eigenvalue weighted by molar-refractivity contribution is 0.0689. The van der Waals surface area contributed by atoms with Gasteiger partial charge in [-0.2, -0.15) is 5.10 Å². The van der Waals surface area contributed by atoms with E-state index >= 15 is 0 Å². The van der Waals surface area contributed by atoms with Crippen LogP contribution in [0.2, 0.25) is 0 Å². The van der Waals surface area contributed by atoms with Crippen molar-refractivity contribution in [1.29, 1.82) is 0 Å². The van der Waals surface area contributed by atoms with E-state index < -0.39 is 5.97 Å². The third-order valence-corrected chi connectivity index (χ3v) is 3.24. The lowest BCUT2D eigenvalue weighted by atomic mass is 10.1. The molecule has 0 atom stereocenters. The molecule has 0 spiro atoms. The van der Waals surface area contributed by atoms with Crippen LogP contribution in [0.5, 0.6) is 11.5 Å². The van der Waals surface area contributed by atoms with Crippen LogP contribution >= 0.6 is 0 Å². The Morgan fingerprint density at radius 3 is 2.75 bits per heavy atom. The van der Waals surface area contributed by atoms with Crippen LogP contribution < -0.4 is 9.47 Å². The van der Waals surface area contributed by atoms with Crippen molar-refractivity contribution in [3.8, 4) is 22.8 Å². The van der Waals surface area contributed by atoms with Gasteiger partial charge in [-0.05, 0) is 25.1 Å². The summed E-state index contributed by atoms with van der Waals surface area (Å²) < 4.78 is 11.2. The Kier molecular flexibility index (Phi) is 3.06. The number of aromatic carboxylic acids is 1. The minimum Gasteiger partial charge on any atom is -0.490 e. The molecule has 0 bridgehead atoms. The SMILES string of the molecule is Cc1c(-c2ccc3c(c2)OCCCO3)n[nH]c1C(=O)O. The first-order valence-corrected chi connectivity index (χ1v) is 6.35. The van der Waals surface area contributed by atoms with Gasteiger partial charge >= 0.3 is 5.97 Å². The molecule has 1 aliphatic rings. The summed E-state index contributed by atoms with van der Waals surface area (Å²) in [6, 6.07) is 5.50. The fraction of sp³-hybridized carbons (Fsp3) is 0.286. The summed E-state index contributed by atoms with van der Waals surface area (Å²) in [5.74, 6) is 0.354. The van der Waals surface area contributed by atoms with Crippen LogP contribution in [-0.4, -0.2) is 34.5 Å². The Labute approximate surface area is 115 Å². The summed E-state index contributed by atoms with van der Waals surface area (Å²) in [7, 11) is 0. The molecule has 104 valence electrons. The molecule has 0 saturated heterocycles. The molecule has 0 saturated carbocycles. The molecular formula is C14H14N2O4. The number of aromatic nitrogens is 2. The number of aromatic amines is 1. The van der Waals surface area contributed by atoms with Gasteiger partial charge in [0.05, 0.1) is 18.9 Å². The summed E-state index contributed by atoms with van der Waals surface area (Å²) in [6.07, 6.45) is 0.842. The van der Waals surface area contributed by atoms with Gasteiger partial charge in [-0.25, -0.2) is 4.79 Å². The number of carboxylic acids is 1. The minimum absolute atomic E-state index is 0.104. The third-order valence-electron chi connectivity index (χ3n) is 3.24. The highest BCUT2D eigenvalue weighted by Crippen LogP contribution is 2.34. The van der Waals surface area contributed by atoms with Gasteiger partial charge in [0.25, 0.3) is 0 Å². The minimum atomic E-state index is -1.02. The van der Waals surface area contributed by atoms with Crippen molar-refractivity contribution in [2.45, 2.75) is 13.3 Å². The molecule has 0 fully saturated rings. The van der Waals surface area contributed by atoms with Gasteiger partial charge in [0.1, 0.15) is 5.69 Å². The van der Waals surface area contributed by atoms with E-state index in [-0.39, 0.29) is 5.69 Å². The van der Waals surface area contributed by atoms with Gasteiger partial charge in [0.15, 0.2) is 11.5 Å². The van der Waals surface area contributed by atoms with Crippen LogP contribution in [-0.2, 0) is 0 Å². The zero-order valence-electron chi connectivity index (χ0n) is 11.0. The number of ether oxygens (including phenoxy) is 2. The summed E-state index contributed by atoms with van der Waals surface area (Å²) in [6.45, 7) is 2.97. The molecule has 1 aliphatic heterocycles. The zero-order valence-corrected chi connectivity index (χ0v) is 11.0. The number of hydrogen-bond acceptors (Lipinski definition) is 4. The maximum Gasteiger partial charge on any atom is 0.354 e. The van der Waals surface area contributed by atoms with Gasteiger partial charge in [0, 0.05) is 17.5 Å². The molecule has 1 aromatic carbocycles. The highest BCUT2D eigenvalue weighted by molar-refractivity contribution is 5.89. The quantitative estimate of drug-likeness (QED) is 0.877. The average Bonchev–Trinajstić information content (AvgIpc) is 2.68. The maximum absolute atomic E-state index is 11.0. The van der Waals surface area contributed by atoms with E-state index in [2.05, 4.69) is 10.2 Å². The summed E-state index contributed by atoms with van der Waals surface area (Å²) >= 11 is 0. The second-order valence-corrected chi connectivity index (χ2v) is 4.59. The van der Waals surface area contributed by atoms with Crippen LogP contribution in [0, 0.1) is 6.92 Å². The van der Waals surface area contributed by atoms with Crippen molar-refractivity contribution in [2.75, 3.05) is 13.2 Å². The smallest absolute Gasteiger partial charge is 0.354 e. The number of carboxylic acid groups (broad SMARTS) is 1. The van der Waals surface area contributed by atoms with Crippen molar-refractivity contribution in [2.24, 2.45) is 0 Å². The Balaban J connectivity index is 2.03. The van der Waals surface area contributed by atoms with E-state index in [9.17, 15) is 4.79 Å². The number of H-pyrrole nitrogens is 1. The highest BCUT2D eigenvalue weighted by atomic mass is 16.5. The molecule has 0 radical (unpaired) electrons. The molecule has 3 rings (SSSR count). The number of nitrogens with zero attached hydrogens (tertiary/aromatic N) is 1. The van der Waals surface area contributed by atoms with E-state index in [0.717, 1.165) is 12.0 Å². The average molecular weight is 274 g/mol. The van der Waals surface area contributed by atoms with E-state index in [1.807, 2.05) is 18.2 Å². The fourth-order valence-electron chi connectivity index (χ4n) is 2.20. The van der Waals surface area contributed by atoms with Crippen LogP contribution in [0.15, 0.2) is 18.2 Å². The van der Waals surface area contributed by atoms with Crippen molar-refractivity contribution in [1.82, 2.24) is 10.2 Å². The van der Waals surface area contributed by atoms with Gasteiger partial charge in [-0.1, -0.05) is 0 Å². The third kappa shape index (κ3) is 2.09. The van der Waals surface area contributed by atoms with Crippen LogP contribution in [0.25, 0.3) is 11.3 Å². The van der Waals surface area contributed by atoms with Crippen LogP contribution in [0.1, 0.15) is 22.5 Å². The van der Waals surface area contributed by atoms with Crippen LogP contribution in [0.4, 0.5) is 0 Å². The van der Waals surface area contributed by atoms with Crippen LogP contribution in [0.3, 0.4) is 0 Å². The van der Waals surface area contributed by atoms with Gasteiger partial charge < -0.3 is 14.6 Å². The van der Waals surface area contributed by atoms with E-state index in [0.29, 0.717) is 36.0 Å². The molecule has 0 unspecified atom stereocenters. The number of rotatable bonds is 2. The predicted octanol–water partition coefficient (Wildman–Crippen LogP) is 2.24. The van der Waals surface area contributed by atoms with Gasteiger partial charge in [0.2, 0.25) is 0 Å². The Morgan fingerprint density at radius 2 is 2.05 bits per heavy atom. The normalized spacial score (nSPS) is 13.8. The molecule has 1 aromatic heterocycles. The molecule has 2 aromatic rings. The van der Waals surface area contributed by atoms with E-state index in [1.54, 1.807) is 6.92 Å². The Bertz CT molecular complexity index is 663. The first-order valence-electron chi connectivity index (χ1n) is 6.35. The van der Waals surface area contributed by atoms with Crippen molar-refractivity contribution >= 4 is 5.97 Å². The molecule has 0 amide bonds. The molecule has 2 N–H and O–H groups in total. The number of nitrogens with one attached hydrogen (secondary N) is 1. The first kappa shape index (κ1) is 12.5. The topological polar surface area (TPSA) is 84.4 Å². The number of hydrogen-bond donors (Lipinski definition) is 2. The van der Waals surface area contributed by atoms with Crippen molar-refractivity contribution in [3.05, 3.63) is 29.5 Å². The Hall–Kier alpha value is -2.50. The molecular weight excluding hydrogens is 260 g/mol. The van der Waals surface area contributed by atoms with Crippen molar-refractivity contribution < 1.29 is 19.4 Å². The fourth-order valence-corrected chi connectivity index (χ4v) is 2.20. The Morgan fingerprint density at radius 1 is 1.30 bits per heavy atom. The van der Waals surface area contributed by atoms with Crippen molar-refractivity contribution in [3.63, 3.8) is 0 Å². The summed E-state index contributed by atoms with van der Waals surface area (Å²) in [5, 5.41) is 15.7. The molecule has 6 nitrogen and oxygen atoms in total. The van der Waals surface area contributed by atoms with E-state index in [4.69, 9.17) is 14.6 Å². The molecule has 20 heavy (non-hydrogen) atoms. The largest absolute Gasteiger partial charge is 0.490 e. The van der Waals surface area contributed by atoms with Gasteiger partial charge in [-0.3, -0.25) is 5.10 Å². The molecule has 6 heteroatoms. The number of fused-ring (bicyclic) bond motifs is 1. The monoisotopic (exact) mass is 274 g/mol. The lowest BCUT2D eigenvalue weighted by Crippen LogP contribution is -1.98. The predicted molar refractivity (Wildman–Crippen MR) is 71.3 cm³/mol. The lowest BCUT2D eigenvalue weighted by Gasteiger charge is -2.08. The second kappa shape index (κ2) is 4.88. The zero-order chi connectivity index (χ0) is 14.1. The molecule has 2 heterocycles. The summed E-state index contributed by atoms with van der Waals surface area (Å²) in [4.78, 5) is 11.0. The number of carbonyl (C=O) groups is 1. The maximum atomic E-state index is 11.0. The standard InChI is InChI=1S/C14H14N2O4/c1-8-12(15-16-13(8)14(17)18)9-3-4-10-11(7-9)20-6-2-5-19-10/h3-4,7H,2,5-6H2,1H3,(H,15,16)(H,17,18). The second-order valence-electron chi connectivity index (χ2n) is 4.59. The first-order chi connectivity index (χ1) is 9.66. The summed E-state index contributed by atoms with van der Waals surface area (Å²) in [5.41, 5.74) is 2.12. The molecule has 0 aliphatic carbocycles. The highest BCUT2D eigenvalue weighted by Gasteiger charge is 2.18. The van der Waals surface area contributed by atoms with Gasteiger partial charge in [-0.15, -0.1) is 0 Å². The van der Waals surface area contributed by atoms with E-state index in [1.165, 1.54) is 0 Å². The number of benzene rings is 1.